The van der Waals surface area contributed by atoms with Crippen LogP contribution in [0, 0.1) is 5.92 Å². The van der Waals surface area contributed by atoms with Crippen molar-refractivity contribution < 1.29 is 17.9 Å². The molecule has 2 aromatic carbocycles. The van der Waals surface area contributed by atoms with E-state index in [4.69, 9.17) is 4.74 Å². The normalized spacial score (nSPS) is 12.8. The number of ether oxygens (including phenoxy) is 1. The third-order valence-corrected chi connectivity index (χ3v) is 6.09. The van der Waals surface area contributed by atoms with E-state index in [1.807, 2.05) is 38.1 Å². The Balaban J connectivity index is 2.09. The molecule has 7 heteroatoms. The lowest BCUT2D eigenvalue weighted by atomic mass is 9.96. The summed E-state index contributed by atoms with van der Waals surface area (Å²) in [6, 6.07) is 15.3. The Morgan fingerprint density at radius 3 is 2.19 bits per heavy atom. The Kier molecular flexibility index (Phi) is 6.98. The Labute approximate surface area is 161 Å². The van der Waals surface area contributed by atoms with E-state index in [0.717, 1.165) is 15.6 Å². The molecule has 0 saturated carbocycles. The van der Waals surface area contributed by atoms with Crippen molar-refractivity contribution in [3.05, 3.63) is 60.2 Å². The third-order valence-electron chi connectivity index (χ3n) is 4.28. The topological polar surface area (TPSA) is 75.7 Å². The molecular formula is C20H26N2O4S. The van der Waals surface area contributed by atoms with E-state index in [-0.39, 0.29) is 29.3 Å². The number of carbonyl (C=O) groups is 1. The lowest BCUT2D eigenvalue weighted by molar-refractivity contribution is -0.122. The number of rotatable bonds is 8. The molecule has 27 heavy (non-hydrogen) atoms. The van der Waals surface area contributed by atoms with Crippen molar-refractivity contribution >= 4 is 15.9 Å². The summed E-state index contributed by atoms with van der Waals surface area (Å²) in [6.45, 7) is 3.75. The van der Waals surface area contributed by atoms with Crippen molar-refractivity contribution in [3.8, 4) is 5.75 Å². The molecule has 1 atom stereocenters. The third kappa shape index (κ3) is 5.30. The summed E-state index contributed by atoms with van der Waals surface area (Å²) in [5.41, 5.74) is 0.938. The predicted octanol–water partition coefficient (Wildman–Crippen LogP) is 2.83. The smallest absolute Gasteiger partial charge is 0.243 e. The van der Waals surface area contributed by atoms with Gasteiger partial charge in [0.05, 0.1) is 24.6 Å². The molecule has 2 rings (SSSR count). The molecule has 0 fully saturated rings. The van der Waals surface area contributed by atoms with Gasteiger partial charge in [0.2, 0.25) is 15.9 Å². The maximum Gasteiger partial charge on any atom is 0.243 e. The largest absolute Gasteiger partial charge is 0.497 e. The van der Waals surface area contributed by atoms with Crippen LogP contribution in [0.15, 0.2) is 59.5 Å². The first-order valence-corrected chi connectivity index (χ1v) is 10.1. The number of likely N-dealkylation sites (N-methyl/N-ethyl adjacent to an activating group) is 1. The molecule has 0 saturated heterocycles. The van der Waals surface area contributed by atoms with Gasteiger partial charge >= 0.3 is 0 Å². The number of nitrogens with zero attached hydrogens (tertiary/aromatic N) is 1. The Bertz CT molecular complexity index is 849. The molecule has 0 aliphatic carbocycles. The van der Waals surface area contributed by atoms with Crippen LogP contribution in [0.25, 0.3) is 0 Å². The Morgan fingerprint density at radius 2 is 1.67 bits per heavy atom. The van der Waals surface area contributed by atoms with Gasteiger partial charge in [-0.2, -0.15) is 4.31 Å². The summed E-state index contributed by atoms with van der Waals surface area (Å²) in [5.74, 6) is 0.520. The molecule has 0 aromatic heterocycles. The van der Waals surface area contributed by atoms with Gasteiger partial charge in [0.15, 0.2) is 0 Å². The highest BCUT2D eigenvalue weighted by atomic mass is 32.2. The second-order valence-corrected chi connectivity index (χ2v) is 8.68. The molecule has 0 bridgehead atoms. The van der Waals surface area contributed by atoms with Gasteiger partial charge in [0, 0.05) is 7.05 Å². The van der Waals surface area contributed by atoms with Crippen LogP contribution in [0.1, 0.15) is 25.5 Å². The fourth-order valence-corrected chi connectivity index (χ4v) is 3.87. The minimum absolute atomic E-state index is 0.137. The summed E-state index contributed by atoms with van der Waals surface area (Å²) < 4.78 is 31.3. The lowest BCUT2D eigenvalue weighted by Gasteiger charge is -2.25. The van der Waals surface area contributed by atoms with Crippen molar-refractivity contribution in [2.24, 2.45) is 5.92 Å². The predicted molar refractivity (Wildman–Crippen MR) is 105 cm³/mol. The number of sulfonamides is 1. The van der Waals surface area contributed by atoms with E-state index in [1.165, 1.54) is 19.2 Å². The molecule has 1 amide bonds. The van der Waals surface area contributed by atoms with Crippen LogP contribution in [-0.2, 0) is 14.8 Å². The molecule has 6 nitrogen and oxygen atoms in total. The summed E-state index contributed by atoms with van der Waals surface area (Å²) in [7, 11) is -0.708. The van der Waals surface area contributed by atoms with Gasteiger partial charge in [-0.1, -0.05) is 44.2 Å². The number of nitrogens with one attached hydrogen (secondary N) is 1. The molecule has 1 N–H and O–H groups in total. The van der Waals surface area contributed by atoms with Crippen LogP contribution in [0.2, 0.25) is 0 Å². The molecule has 0 spiro atoms. The average molecular weight is 391 g/mol. The summed E-state index contributed by atoms with van der Waals surface area (Å²) in [5, 5.41) is 2.94. The van der Waals surface area contributed by atoms with Crippen LogP contribution < -0.4 is 10.1 Å². The highest BCUT2D eigenvalue weighted by molar-refractivity contribution is 7.89. The van der Waals surface area contributed by atoms with Crippen LogP contribution >= 0.6 is 0 Å². The SMILES string of the molecule is COc1ccc(C(NC(=O)CN(C)S(=O)(=O)c2ccccc2)C(C)C)cc1. The first-order valence-electron chi connectivity index (χ1n) is 8.70. The number of hydrogen-bond donors (Lipinski definition) is 1. The minimum Gasteiger partial charge on any atom is -0.497 e. The molecule has 1 unspecified atom stereocenters. The standard InChI is InChI=1S/C20H26N2O4S/c1-15(2)20(16-10-12-17(26-4)13-11-16)21-19(23)14-22(3)27(24,25)18-8-6-5-7-9-18/h5-13,15,20H,14H2,1-4H3,(H,21,23). The van der Waals surface area contributed by atoms with Gasteiger partial charge in [0.25, 0.3) is 0 Å². The second kappa shape index (κ2) is 9.01. The maximum atomic E-state index is 12.6. The van der Waals surface area contributed by atoms with Crippen LogP contribution in [0.5, 0.6) is 5.75 Å². The highest BCUT2D eigenvalue weighted by Gasteiger charge is 2.25. The molecule has 0 radical (unpaired) electrons. The van der Waals surface area contributed by atoms with Crippen LogP contribution in [0.4, 0.5) is 0 Å². The quantitative estimate of drug-likeness (QED) is 0.752. The fourth-order valence-electron chi connectivity index (χ4n) is 2.72. The molecule has 146 valence electrons. The molecule has 0 aliphatic heterocycles. The van der Waals surface area contributed by atoms with Crippen molar-refractivity contribution in [1.29, 1.82) is 0 Å². The first kappa shape index (κ1) is 20.9. The average Bonchev–Trinajstić information content (AvgIpc) is 2.66. The number of hydrogen-bond acceptors (Lipinski definition) is 4. The van der Waals surface area contributed by atoms with Crippen molar-refractivity contribution in [2.45, 2.75) is 24.8 Å². The van der Waals surface area contributed by atoms with E-state index in [1.54, 1.807) is 25.3 Å². The monoisotopic (exact) mass is 390 g/mol. The highest BCUT2D eigenvalue weighted by Crippen LogP contribution is 2.24. The van der Waals surface area contributed by atoms with Gasteiger partial charge < -0.3 is 10.1 Å². The number of methoxy groups -OCH3 is 1. The first-order chi connectivity index (χ1) is 12.8. The number of carbonyl (C=O) groups excluding carboxylic acids is 1. The molecule has 2 aromatic rings. The van der Waals surface area contributed by atoms with Gasteiger partial charge in [-0.3, -0.25) is 4.79 Å². The molecule has 0 heterocycles. The zero-order chi connectivity index (χ0) is 20.0. The van der Waals surface area contributed by atoms with Crippen LogP contribution in [-0.4, -0.2) is 39.3 Å². The maximum absolute atomic E-state index is 12.6. The van der Waals surface area contributed by atoms with Gasteiger partial charge in [-0.25, -0.2) is 8.42 Å². The van der Waals surface area contributed by atoms with Gasteiger partial charge in [-0.15, -0.1) is 0 Å². The Morgan fingerprint density at radius 1 is 1.07 bits per heavy atom. The fraction of sp³-hybridized carbons (Fsp3) is 0.350. The van der Waals surface area contributed by atoms with E-state index in [9.17, 15) is 13.2 Å². The van der Waals surface area contributed by atoms with Crippen molar-refractivity contribution in [3.63, 3.8) is 0 Å². The van der Waals surface area contributed by atoms with E-state index < -0.39 is 10.0 Å². The number of benzene rings is 2. The molecular weight excluding hydrogens is 364 g/mol. The second-order valence-electron chi connectivity index (χ2n) is 6.64. The minimum atomic E-state index is -3.71. The van der Waals surface area contributed by atoms with Gasteiger partial charge in [0.1, 0.15) is 5.75 Å². The zero-order valence-corrected chi connectivity index (χ0v) is 16.9. The van der Waals surface area contributed by atoms with Crippen molar-refractivity contribution in [2.75, 3.05) is 20.7 Å². The van der Waals surface area contributed by atoms with Gasteiger partial charge in [-0.05, 0) is 35.7 Å². The van der Waals surface area contributed by atoms with Crippen LogP contribution in [0.3, 0.4) is 0 Å². The molecule has 0 aliphatic rings. The lowest BCUT2D eigenvalue weighted by Crippen LogP contribution is -2.41. The zero-order valence-electron chi connectivity index (χ0n) is 16.0. The van der Waals surface area contributed by atoms with E-state index >= 15 is 0 Å². The number of amides is 1. The van der Waals surface area contributed by atoms with E-state index in [0.29, 0.717) is 0 Å². The Hall–Kier alpha value is -2.38. The van der Waals surface area contributed by atoms with E-state index in [2.05, 4.69) is 5.32 Å². The van der Waals surface area contributed by atoms with Crippen molar-refractivity contribution in [1.82, 2.24) is 9.62 Å². The summed E-state index contributed by atoms with van der Waals surface area (Å²) >= 11 is 0. The summed E-state index contributed by atoms with van der Waals surface area (Å²) in [6.07, 6.45) is 0. The summed E-state index contributed by atoms with van der Waals surface area (Å²) in [4.78, 5) is 12.7.